The average Bonchev–Trinajstić information content (AvgIpc) is 2.24. The maximum Gasteiger partial charge on any atom is 0.129 e. The molecule has 0 aromatic heterocycles. The van der Waals surface area contributed by atoms with Crippen LogP contribution in [0.1, 0.15) is 20.3 Å². The van der Waals surface area contributed by atoms with E-state index in [1.807, 2.05) is 42.7 Å². The molecule has 0 amide bonds. The average molecular weight is 212 g/mol. The molecule has 0 atom stereocenters. The van der Waals surface area contributed by atoms with Crippen LogP contribution in [-0.4, -0.2) is 18.3 Å². The summed E-state index contributed by atoms with van der Waals surface area (Å²) in [4.78, 5) is 9.38. The Morgan fingerprint density at radius 3 is 1.36 bits per heavy atom. The lowest BCUT2D eigenvalue weighted by Crippen LogP contribution is -1.70. The van der Waals surface area contributed by atoms with Crippen LogP contribution in [0.4, 0.5) is 0 Å². The molecule has 1 nitrogen and oxygen atoms in total. The molecule has 0 N–H and O–H groups in total. The third kappa shape index (κ3) is 22.5. The zero-order chi connectivity index (χ0) is 11.1. The van der Waals surface area contributed by atoms with E-state index in [-0.39, 0.29) is 0 Å². The molecule has 0 fully saturated rings. The largest absolute Gasteiger partial charge is 0.302 e. The van der Waals surface area contributed by atoms with Crippen molar-refractivity contribution >= 4 is 18.0 Å². The normalized spacial score (nSPS) is 7.36. The van der Waals surface area contributed by atoms with Crippen LogP contribution in [0.25, 0.3) is 0 Å². The lowest BCUT2D eigenvalue weighted by atomic mass is 10.4. The molecule has 0 aliphatic rings. The highest BCUT2D eigenvalue weighted by Crippen LogP contribution is 1.82. The van der Waals surface area contributed by atoms with Crippen LogP contribution in [0.15, 0.2) is 36.4 Å². The predicted molar refractivity (Wildman–Crippen MR) is 66.9 cm³/mol. The van der Waals surface area contributed by atoms with Gasteiger partial charge in [0.1, 0.15) is 6.29 Å². The molecule has 80 valence electrons. The minimum Gasteiger partial charge on any atom is -0.302 e. The smallest absolute Gasteiger partial charge is 0.129 e. The fourth-order valence-electron chi connectivity index (χ4n) is 0.453. The molecular weight excluding hydrogens is 192 g/mol. The Morgan fingerprint density at radius 2 is 1.29 bits per heavy atom. The number of thioether (sulfide) groups is 1. The number of hydrogen-bond acceptors (Lipinski definition) is 2. The van der Waals surface area contributed by atoms with Crippen LogP contribution in [0, 0.1) is 0 Å². The van der Waals surface area contributed by atoms with Gasteiger partial charge in [0, 0.05) is 5.75 Å². The van der Waals surface area contributed by atoms with Crippen LogP contribution in [0.2, 0.25) is 0 Å². The van der Waals surface area contributed by atoms with Crippen molar-refractivity contribution in [1.82, 2.24) is 0 Å². The number of benzene rings is 1. The molecule has 2 heteroatoms. The molecule has 0 saturated heterocycles. The molecule has 1 rings (SSSR count). The molecule has 0 unspecified atom stereocenters. The Kier molecular flexibility index (Phi) is 20.3. The van der Waals surface area contributed by atoms with Gasteiger partial charge in [0.2, 0.25) is 0 Å². The summed E-state index contributed by atoms with van der Waals surface area (Å²) in [6.07, 6.45) is 4.04. The molecule has 0 spiro atoms. The van der Waals surface area contributed by atoms with Gasteiger partial charge in [0.05, 0.1) is 0 Å². The second kappa shape index (κ2) is 18.1. The molecule has 0 saturated carbocycles. The summed E-state index contributed by atoms with van der Waals surface area (Å²) in [5.41, 5.74) is 0. The molecular formula is C12H20OS. The van der Waals surface area contributed by atoms with Gasteiger partial charge in [0.15, 0.2) is 0 Å². The van der Waals surface area contributed by atoms with Crippen LogP contribution >= 0.6 is 11.8 Å². The van der Waals surface area contributed by atoms with Crippen LogP contribution in [-0.2, 0) is 4.79 Å². The zero-order valence-corrected chi connectivity index (χ0v) is 10.1. The van der Waals surface area contributed by atoms with Gasteiger partial charge in [-0.3, -0.25) is 0 Å². The first-order valence-electron chi connectivity index (χ1n) is 4.76. The Labute approximate surface area is 91.9 Å². The lowest BCUT2D eigenvalue weighted by molar-refractivity contribution is -0.105. The van der Waals surface area contributed by atoms with Crippen molar-refractivity contribution in [2.75, 3.05) is 12.0 Å². The van der Waals surface area contributed by atoms with Gasteiger partial charge in [-0.05, 0) is 6.26 Å². The summed E-state index contributed by atoms with van der Waals surface area (Å²) >= 11 is 1.53. The fourth-order valence-corrected chi connectivity index (χ4v) is 0.589. The minimum atomic E-state index is 0.625. The van der Waals surface area contributed by atoms with Gasteiger partial charge in [-0.15, -0.1) is 0 Å². The minimum absolute atomic E-state index is 0.625. The quantitative estimate of drug-likeness (QED) is 0.696. The summed E-state index contributed by atoms with van der Waals surface area (Å²) in [5, 5.41) is 0. The molecule has 0 aliphatic heterocycles. The van der Waals surface area contributed by atoms with Gasteiger partial charge in [-0.1, -0.05) is 56.7 Å². The molecule has 1 aromatic carbocycles. The summed E-state index contributed by atoms with van der Waals surface area (Å²) in [5.74, 6) is 0.625. The fraction of sp³-hybridized carbons (Fsp3) is 0.417. The van der Waals surface area contributed by atoms with E-state index in [2.05, 4.69) is 13.8 Å². The topological polar surface area (TPSA) is 17.1 Å². The third-order valence-electron chi connectivity index (χ3n) is 0.901. The second-order valence-corrected chi connectivity index (χ2v) is 3.39. The monoisotopic (exact) mass is 212 g/mol. The number of carbonyl (C=O) groups excluding carboxylic acids is 1. The van der Waals surface area contributed by atoms with E-state index in [9.17, 15) is 4.79 Å². The van der Waals surface area contributed by atoms with E-state index in [0.29, 0.717) is 5.75 Å². The predicted octanol–water partition coefficient (Wildman–Crippen LogP) is 3.65. The van der Waals surface area contributed by atoms with Crippen molar-refractivity contribution in [3.05, 3.63) is 36.4 Å². The maximum absolute atomic E-state index is 9.38. The molecule has 0 heterocycles. The van der Waals surface area contributed by atoms with E-state index in [0.717, 1.165) is 6.29 Å². The van der Waals surface area contributed by atoms with Gasteiger partial charge in [0.25, 0.3) is 0 Å². The second-order valence-electron chi connectivity index (χ2n) is 2.48. The first-order valence-corrected chi connectivity index (χ1v) is 6.15. The summed E-state index contributed by atoms with van der Waals surface area (Å²) in [7, 11) is 0. The molecule has 0 aliphatic carbocycles. The summed E-state index contributed by atoms with van der Waals surface area (Å²) < 4.78 is 0. The first-order chi connectivity index (χ1) is 6.83. The summed E-state index contributed by atoms with van der Waals surface area (Å²) in [6.45, 7) is 4.25. The van der Waals surface area contributed by atoms with Crippen molar-refractivity contribution in [3.63, 3.8) is 0 Å². The molecule has 0 radical (unpaired) electrons. The SMILES string of the molecule is CCC.CSCC=O.c1ccccc1. The highest BCUT2D eigenvalue weighted by Gasteiger charge is 1.66. The van der Waals surface area contributed by atoms with Gasteiger partial charge in [-0.25, -0.2) is 0 Å². The number of rotatable bonds is 2. The van der Waals surface area contributed by atoms with E-state index >= 15 is 0 Å². The van der Waals surface area contributed by atoms with E-state index in [4.69, 9.17) is 0 Å². The van der Waals surface area contributed by atoms with E-state index < -0.39 is 0 Å². The van der Waals surface area contributed by atoms with Crippen molar-refractivity contribution in [2.24, 2.45) is 0 Å². The lowest BCUT2D eigenvalue weighted by Gasteiger charge is -1.69. The Morgan fingerprint density at radius 1 is 1.00 bits per heavy atom. The van der Waals surface area contributed by atoms with Crippen molar-refractivity contribution in [2.45, 2.75) is 20.3 Å². The van der Waals surface area contributed by atoms with E-state index in [1.54, 1.807) is 0 Å². The van der Waals surface area contributed by atoms with Crippen LogP contribution < -0.4 is 0 Å². The Balaban J connectivity index is 0. The number of aldehydes is 1. The van der Waals surface area contributed by atoms with Crippen LogP contribution in [0.3, 0.4) is 0 Å². The highest BCUT2D eigenvalue weighted by molar-refractivity contribution is 7.99. The van der Waals surface area contributed by atoms with Gasteiger partial charge < -0.3 is 4.79 Å². The molecule has 0 bridgehead atoms. The molecule has 1 aromatic rings. The van der Waals surface area contributed by atoms with Crippen molar-refractivity contribution in [3.8, 4) is 0 Å². The Hall–Kier alpha value is -0.760. The highest BCUT2D eigenvalue weighted by atomic mass is 32.2. The third-order valence-corrected chi connectivity index (χ3v) is 1.37. The standard InChI is InChI=1S/C6H6.C3H6OS.C3H8/c1-2-4-6-5-3-1;1-5-3-2-4;1-3-2/h1-6H;2H,3H2,1H3;3H2,1-2H3. The Bertz CT molecular complexity index is 148. The van der Waals surface area contributed by atoms with Crippen molar-refractivity contribution in [1.29, 1.82) is 0 Å². The van der Waals surface area contributed by atoms with Crippen LogP contribution in [0.5, 0.6) is 0 Å². The van der Waals surface area contributed by atoms with Crippen molar-refractivity contribution < 1.29 is 4.79 Å². The van der Waals surface area contributed by atoms with Gasteiger partial charge in [-0.2, -0.15) is 11.8 Å². The van der Waals surface area contributed by atoms with Gasteiger partial charge >= 0.3 is 0 Å². The zero-order valence-electron chi connectivity index (χ0n) is 9.27. The van der Waals surface area contributed by atoms with E-state index in [1.165, 1.54) is 18.2 Å². The summed E-state index contributed by atoms with van der Waals surface area (Å²) in [6, 6.07) is 12.0. The number of carbonyl (C=O) groups is 1. The number of hydrogen-bond donors (Lipinski definition) is 0. The first kappa shape index (κ1) is 15.7. The maximum atomic E-state index is 9.38. The molecule has 14 heavy (non-hydrogen) atoms.